The summed E-state index contributed by atoms with van der Waals surface area (Å²) in [6.45, 7) is 5.62. The van der Waals surface area contributed by atoms with E-state index in [1.54, 1.807) is 17.1 Å². The molecule has 0 aromatic carbocycles. The Morgan fingerprint density at radius 1 is 1.67 bits per heavy atom. The molecule has 0 bridgehead atoms. The molecule has 5 nitrogen and oxygen atoms in total. The third-order valence-electron chi connectivity index (χ3n) is 3.87. The number of rotatable bonds is 4. The second-order valence-corrected chi connectivity index (χ2v) is 5.76. The lowest BCUT2D eigenvalue weighted by Crippen LogP contribution is -2.37. The van der Waals surface area contributed by atoms with Gasteiger partial charge in [0.1, 0.15) is 0 Å². The highest BCUT2D eigenvalue weighted by atomic mass is 16.1. The molecule has 1 unspecified atom stereocenters. The van der Waals surface area contributed by atoms with Gasteiger partial charge in [-0.1, -0.05) is 20.3 Å². The van der Waals surface area contributed by atoms with Crippen LogP contribution < -0.4 is 11.1 Å². The molecule has 1 atom stereocenters. The number of carbonyl (C=O) groups is 1. The Kier molecular flexibility index (Phi) is 3.59. The van der Waals surface area contributed by atoms with E-state index < -0.39 is 0 Å². The highest BCUT2D eigenvalue weighted by molar-refractivity contribution is 5.79. The van der Waals surface area contributed by atoms with E-state index in [9.17, 15) is 4.79 Å². The summed E-state index contributed by atoms with van der Waals surface area (Å²) >= 11 is 0. The fourth-order valence-electron chi connectivity index (χ4n) is 2.73. The first kappa shape index (κ1) is 12.9. The van der Waals surface area contributed by atoms with Gasteiger partial charge in [0.15, 0.2) is 0 Å². The van der Waals surface area contributed by atoms with Gasteiger partial charge >= 0.3 is 0 Å². The molecule has 1 aromatic rings. The first-order chi connectivity index (χ1) is 8.49. The van der Waals surface area contributed by atoms with Gasteiger partial charge in [0.2, 0.25) is 5.91 Å². The van der Waals surface area contributed by atoms with E-state index in [-0.39, 0.29) is 17.2 Å². The molecular formula is C13H22N4O. The molecule has 1 saturated carbocycles. The van der Waals surface area contributed by atoms with Crippen LogP contribution in [0.2, 0.25) is 0 Å². The third kappa shape index (κ3) is 2.83. The van der Waals surface area contributed by atoms with Crippen LogP contribution in [0.15, 0.2) is 12.4 Å². The van der Waals surface area contributed by atoms with Gasteiger partial charge in [-0.25, -0.2) is 0 Å². The van der Waals surface area contributed by atoms with Gasteiger partial charge in [0.25, 0.3) is 0 Å². The van der Waals surface area contributed by atoms with Crippen molar-refractivity contribution >= 4 is 11.6 Å². The predicted octanol–water partition coefficient (Wildman–Crippen LogP) is 1.41. The molecule has 0 radical (unpaired) electrons. The summed E-state index contributed by atoms with van der Waals surface area (Å²) in [7, 11) is 0. The number of nitrogens with zero attached hydrogens (tertiary/aromatic N) is 2. The van der Waals surface area contributed by atoms with Gasteiger partial charge in [-0.2, -0.15) is 5.10 Å². The number of nitrogens with one attached hydrogen (secondary N) is 1. The zero-order valence-electron chi connectivity index (χ0n) is 11.1. The number of hydrogen-bond donors (Lipinski definition) is 2. The van der Waals surface area contributed by atoms with Crippen molar-refractivity contribution in [3.63, 3.8) is 0 Å². The Morgan fingerprint density at radius 3 is 3.00 bits per heavy atom. The number of nitrogen functional groups attached to an aromatic ring is 1. The van der Waals surface area contributed by atoms with Crippen molar-refractivity contribution in [2.45, 2.75) is 39.7 Å². The Bertz CT molecular complexity index is 424. The average molecular weight is 250 g/mol. The molecule has 1 heterocycles. The van der Waals surface area contributed by atoms with Crippen LogP contribution in [0.3, 0.4) is 0 Å². The predicted molar refractivity (Wildman–Crippen MR) is 70.8 cm³/mol. The molecule has 0 spiro atoms. The zero-order valence-corrected chi connectivity index (χ0v) is 11.1. The maximum atomic E-state index is 12.1. The van der Waals surface area contributed by atoms with Gasteiger partial charge in [0, 0.05) is 18.7 Å². The van der Waals surface area contributed by atoms with E-state index in [4.69, 9.17) is 5.73 Å². The van der Waals surface area contributed by atoms with Crippen molar-refractivity contribution < 1.29 is 4.79 Å². The van der Waals surface area contributed by atoms with Crippen LogP contribution in [0, 0.1) is 11.3 Å². The smallest absolute Gasteiger partial charge is 0.223 e. The third-order valence-corrected chi connectivity index (χ3v) is 3.87. The van der Waals surface area contributed by atoms with Crippen molar-refractivity contribution in [1.29, 1.82) is 0 Å². The van der Waals surface area contributed by atoms with Crippen molar-refractivity contribution in [1.82, 2.24) is 15.1 Å². The van der Waals surface area contributed by atoms with Gasteiger partial charge < -0.3 is 11.1 Å². The summed E-state index contributed by atoms with van der Waals surface area (Å²) in [5.74, 6) is 0.331. The molecule has 18 heavy (non-hydrogen) atoms. The molecule has 1 aliphatic rings. The molecular weight excluding hydrogens is 228 g/mol. The van der Waals surface area contributed by atoms with Crippen LogP contribution in [0.5, 0.6) is 0 Å². The quantitative estimate of drug-likeness (QED) is 0.848. The monoisotopic (exact) mass is 250 g/mol. The van der Waals surface area contributed by atoms with Crippen LogP contribution in [0.1, 0.15) is 33.1 Å². The highest BCUT2D eigenvalue weighted by Gasteiger charge is 2.38. The van der Waals surface area contributed by atoms with Gasteiger partial charge in [-0.05, 0) is 18.3 Å². The van der Waals surface area contributed by atoms with Crippen LogP contribution in [-0.4, -0.2) is 22.2 Å². The lowest BCUT2D eigenvalue weighted by Gasteiger charge is -2.25. The topological polar surface area (TPSA) is 72.9 Å². The summed E-state index contributed by atoms with van der Waals surface area (Å²) in [6.07, 6.45) is 6.68. The Labute approximate surface area is 108 Å². The van der Waals surface area contributed by atoms with Crippen molar-refractivity contribution in [2.24, 2.45) is 11.3 Å². The molecule has 5 heteroatoms. The second-order valence-electron chi connectivity index (χ2n) is 5.76. The summed E-state index contributed by atoms with van der Waals surface area (Å²) in [6, 6.07) is 0. The van der Waals surface area contributed by atoms with Gasteiger partial charge in [-0.15, -0.1) is 0 Å². The number of nitrogens with two attached hydrogens (primary N) is 1. The molecule has 2 rings (SSSR count). The summed E-state index contributed by atoms with van der Waals surface area (Å²) in [5, 5.41) is 7.08. The standard InChI is InChI=1S/C13H22N4O/c1-13(2)5-3-4-11(13)12(18)15-6-7-17-9-10(14)8-16-17/h8-9,11H,3-7,14H2,1-2H3,(H,15,18). The normalized spacial score (nSPS) is 22.0. The Balaban J connectivity index is 1.78. The average Bonchev–Trinajstić information content (AvgIpc) is 2.84. The first-order valence-electron chi connectivity index (χ1n) is 6.55. The first-order valence-corrected chi connectivity index (χ1v) is 6.55. The second kappa shape index (κ2) is 5.00. The minimum absolute atomic E-state index is 0.139. The minimum atomic E-state index is 0.139. The molecule has 1 aliphatic carbocycles. The molecule has 0 aliphatic heterocycles. The van der Waals surface area contributed by atoms with Crippen molar-refractivity contribution in [2.75, 3.05) is 12.3 Å². The van der Waals surface area contributed by atoms with Crippen LogP contribution >= 0.6 is 0 Å². The fraction of sp³-hybridized carbons (Fsp3) is 0.692. The molecule has 100 valence electrons. The number of carbonyl (C=O) groups excluding carboxylic acids is 1. The van der Waals surface area contributed by atoms with Gasteiger partial charge in [-0.3, -0.25) is 9.48 Å². The summed E-state index contributed by atoms with van der Waals surface area (Å²) < 4.78 is 1.75. The number of amides is 1. The molecule has 0 saturated heterocycles. The van der Waals surface area contributed by atoms with Gasteiger partial charge in [0.05, 0.1) is 18.4 Å². The fourth-order valence-corrected chi connectivity index (χ4v) is 2.73. The Hall–Kier alpha value is -1.52. The lowest BCUT2D eigenvalue weighted by atomic mass is 9.81. The van der Waals surface area contributed by atoms with Crippen molar-refractivity contribution in [3.8, 4) is 0 Å². The number of aromatic nitrogens is 2. The molecule has 1 aromatic heterocycles. The van der Waals surface area contributed by atoms with Crippen LogP contribution in [0.25, 0.3) is 0 Å². The van der Waals surface area contributed by atoms with Crippen LogP contribution in [0.4, 0.5) is 5.69 Å². The van der Waals surface area contributed by atoms with E-state index in [1.165, 1.54) is 0 Å². The lowest BCUT2D eigenvalue weighted by molar-refractivity contribution is -0.127. The molecule has 1 fully saturated rings. The maximum Gasteiger partial charge on any atom is 0.223 e. The van der Waals surface area contributed by atoms with E-state index in [0.29, 0.717) is 18.8 Å². The SMILES string of the molecule is CC1(C)CCCC1C(=O)NCCn1cc(N)cn1. The largest absolute Gasteiger partial charge is 0.396 e. The number of anilines is 1. The zero-order chi connectivity index (χ0) is 13.2. The van der Waals surface area contributed by atoms with E-state index in [0.717, 1.165) is 19.3 Å². The van der Waals surface area contributed by atoms with E-state index >= 15 is 0 Å². The summed E-state index contributed by atoms with van der Waals surface area (Å²) in [5.41, 5.74) is 6.36. The Morgan fingerprint density at radius 2 is 2.44 bits per heavy atom. The van der Waals surface area contributed by atoms with Crippen molar-refractivity contribution in [3.05, 3.63) is 12.4 Å². The minimum Gasteiger partial charge on any atom is -0.396 e. The maximum absolute atomic E-state index is 12.1. The number of hydrogen-bond acceptors (Lipinski definition) is 3. The van der Waals surface area contributed by atoms with E-state index in [2.05, 4.69) is 24.3 Å². The molecule has 1 amide bonds. The summed E-state index contributed by atoms with van der Waals surface area (Å²) in [4.78, 5) is 12.1. The highest BCUT2D eigenvalue weighted by Crippen LogP contribution is 2.42. The van der Waals surface area contributed by atoms with E-state index in [1.807, 2.05) is 0 Å². The molecule has 3 N–H and O–H groups in total. The van der Waals surface area contributed by atoms with Crippen LogP contribution in [-0.2, 0) is 11.3 Å².